The molecule has 0 saturated carbocycles. The third kappa shape index (κ3) is 7.34. The molecule has 0 aromatic heterocycles. The zero-order chi connectivity index (χ0) is 30.8. The second kappa shape index (κ2) is 13.9. The van der Waals surface area contributed by atoms with E-state index >= 15 is 4.39 Å². The van der Waals surface area contributed by atoms with Gasteiger partial charge in [-0.25, -0.2) is 23.6 Å². The van der Waals surface area contributed by atoms with Gasteiger partial charge in [0, 0.05) is 35.4 Å². The molecule has 9 heteroatoms. The summed E-state index contributed by atoms with van der Waals surface area (Å²) in [5, 5.41) is 0. The van der Waals surface area contributed by atoms with Gasteiger partial charge in [0.15, 0.2) is 11.6 Å². The quantitative estimate of drug-likeness (QED) is 0.143. The van der Waals surface area contributed by atoms with E-state index in [9.17, 15) is 19.2 Å². The predicted octanol–water partition coefficient (Wildman–Crippen LogP) is 5.57. The molecule has 0 atom stereocenters. The smallest absolute Gasteiger partial charge is 0.335 e. The topological polar surface area (TPSA) is 105 Å². The summed E-state index contributed by atoms with van der Waals surface area (Å²) in [6.07, 6.45) is 3.74. The third-order valence-electron chi connectivity index (χ3n) is 5.43. The summed E-state index contributed by atoms with van der Waals surface area (Å²) >= 11 is 0. The van der Waals surface area contributed by atoms with Crippen LogP contribution in [-0.4, -0.2) is 23.9 Å². The maximum atomic E-state index is 16.1. The molecule has 0 amide bonds. The fourth-order valence-corrected chi connectivity index (χ4v) is 3.46. The molecule has 8 nitrogen and oxygen atoms in total. The highest BCUT2D eigenvalue weighted by molar-refractivity contribution is 5.91. The van der Waals surface area contributed by atoms with Crippen molar-refractivity contribution >= 4 is 23.9 Å². The van der Waals surface area contributed by atoms with Crippen molar-refractivity contribution in [1.29, 1.82) is 0 Å². The lowest BCUT2D eigenvalue weighted by molar-refractivity contribution is -0.130. The van der Waals surface area contributed by atoms with Crippen LogP contribution in [0, 0.1) is 24.6 Å². The van der Waals surface area contributed by atoms with Gasteiger partial charge in [0.25, 0.3) is 0 Å². The first-order valence-electron chi connectivity index (χ1n) is 12.1. The summed E-state index contributed by atoms with van der Waals surface area (Å²) in [7, 11) is 0. The van der Waals surface area contributed by atoms with Crippen molar-refractivity contribution in [2.45, 2.75) is 6.92 Å². The second-order valence-corrected chi connectivity index (χ2v) is 8.15. The number of benzene rings is 3. The van der Waals surface area contributed by atoms with Gasteiger partial charge in [-0.1, -0.05) is 50.3 Å². The normalized spacial score (nSPS) is 9.76. The molecule has 210 valence electrons. The van der Waals surface area contributed by atoms with Gasteiger partial charge in [-0.05, 0) is 48.9 Å². The van der Waals surface area contributed by atoms with E-state index in [1.54, 1.807) is 12.1 Å². The zero-order valence-corrected chi connectivity index (χ0v) is 22.4. The molecular weight excluding hydrogens is 543 g/mol. The Kier molecular flexibility index (Phi) is 10.1. The summed E-state index contributed by atoms with van der Waals surface area (Å²) in [6.45, 7) is 14.9. The average molecular weight is 567 g/mol. The Bertz CT molecular complexity index is 1620. The molecule has 0 N–H and O–H groups in total. The highest BCUT2D eigenvalue weighted by Gasteiger charge is 2.28. The highest BCUT2D eigenvalue weighted by Crippen LogP contribution is 2.45. The monoisotopic (exact) mass is 566 g/mol. The van der Waals surface area contributed by atoms with Crippen LogP contribution in [0.4, 0.5) is 4.39 Å². The maximum absolute atomic E-state index is 16.1. The Morgan fingerprint density at radius 2 is 1.07 bits per heavy atom. The lowest BCUT2D eigenvalue weighted by atomic mass is 9.95. The molecule has 0 fully saturated rings. The van der Waals surface area contributed by atoms with Crippen LogP contribution in [0.15, 0.2) is 99.2 Å². The van der Waals surface area contributed by atoms with Gasteiger partial charge in [-0.2, -0.15) is 0 Å². The van der Waals surface area contributed by atoms with Crippen LogP contribution in [0.1, 0.15) is 16.7 Å². The minimum absolute atomic E-state index is 0.0871. The molecule has 0 spiro atoms. The van der Waals surface area contributed by atoms with Gasteiger partial charge in [0.2, 0.25) is 0 Å². The Morgan fingerprint density at radius 3 is 1.55 bits per heavy atom. The summed E-state index contributed by atoms with van der Waals surface area (Å²) in [5.74, 6) is 0.963. The number of esters is 4. The van der Waals surface area contributed by atoms with Crippen molar-refractivity contribution < 1.29 is 42.5 Å². The summed E-state index contributed by atoms with van der Waals surface area (Å²) in [5.41, 5.74) is 0.475. The molecule has 0 radical (unpaired) electrons. The van der Waals surface area contributed by atoms with Crippen LogP contribution in [0.2, 0.25) is 0 Å². The molecule has 42 heavy (non-hydrogen) atoms. The van der Waals surface area contributed by atoms with Crippen molar-refractivity contribution in [2.75, 3.05) is 0 Å². The zero-order valence-electron chi connectivity index (χ0n) is 22.4. The van der Waals surface area contributed by atoms with E-state index in [0.29, 0.717) is 5.56 Å². The van der Waals surface area contributed by atoms with Crippen molar-refractivity contribution in [2.24, 2.45) is 0 Å². The first kappa shape index (κ1) is 30.5. The van der Waals surface area contributed by atoms with E-state index in [1.807, 2.05) is 0 Å². The number of carbonyl (C=O) groups is 4. The number of carbonyl (C=O) groups excluding carboxylic acids is 4. The first-order chi connectivity index (χ1) is 20.1. The van der Waals surface area contributed by atoms with E-state index in [1.165, 1.54) is 43.3 Å². The van der Waals surface area contributed by atoms with Gasteiger partial charge in [-0.15, -0.1) is 0 Å². The van der Waals surface area contributed by atoms with Gasteiger partial charge in [0.05, 0.1) is 11.1 Å². The van der Waals surface area contributed by atoms with Crippen LogP contribution in [0.3, 0.4) is 0 Å². The Balaban J connectivity index is 2.22. The number of halogens is 1. The fraction of sp³-hybridized carbons (Fsp3) is 0.0303. The van der Waals surface area contributed by atoms with E-state index in [2.05, 4.69) is 38.2 Å². The fourth-order valence-electron chi connectivity index (χ4n) is 3.46. The summed E-state index contributed by atoms with van der Waals surface area (Å²) < 4.78 is 37.0. The molecule has 0 aliphatic heterocycles. The molecule has 0 heterocycles. The molecular formula is C33H23FO8. The number of rotatable bonds is 9. The minimum atomic E-state index is -1.01. The van der Waals surface area contributed by atoms with Crippen molar-refractivity contribution in [1.82, 2.24) is 0 Å². The van der Waals surface area contributed by atoms with Crippen molar-refractivity contribution in [3.63, 3.8) is 0 Å². The van der Waals surface area contributed by atoms with Crippen molar-refractivity contribution in [3.05, 3.63) is 122 Å². The standard InChI is InChI=1S/C33H23FO8/c1-6-26(35)39-23-15-10-21(11-16-23)12-19-25-20(5)32(41-28(37)8-3)30(33(31(25)34)42-29(38)9-4)22-13-17-24(18-14-22)40-27(36)7-2/h6-11,13-18H,1-4H2,5H3. The molecule has 0 aliphatic rings. The van der Waals surface area contributed by atoms with Crippen LogP contribution >= 0.6 is 0 Å². The number of hydrogen-bond acceptors (Lipinski definition) is 8. The number of ether oxygens (including phenoxy) is 4. The predicted molar refractivity (Wildman–Crippen MR) is 152 cm³/mol. The summed E-state index contributed by atoms with van der Waals surface area (Å²) in [6, 6.07) is 11.8. The molecule has 0 unspecified atom stereocenters. The number of hydrogen-bond donors (Lipinski definition) is 0. The van der Waals surface area contributed by atoms with Gasteiger partial charge in [0.1, 0.15) is 17.2 Å². The SMILES string of the molecule is C=CC(=O)Oc1ccc(C#Cc2c(C)c(OC(=O)C=C)c(-c3ccc(OC(=O)C=C)cc3)c(OC(=O)C=C)c2F)cc1. The Morgan fingerprint density at radius 1 is 0.643 bits per heavy atom. The van der Waals surface area contributed by atoms with E-state index in [-0.39, 0.29) is 39.5 Å². The highest BCUT2D eigenvalue weighted by atomic mass is 19.1. The molecule has 3 aromatic rings. The van der Waals surface area contributed by atoms with E-state index in [4.69, 9.17) is 18.9 Å². The van der Waals surface area contributed by atoms with Gasteiger partial charge in [-0.3, -0.25) is 0 Å². The van der Waals surface area contributed by atoms with Crippen LogP contribution in [0.5, 0.6) is 23.0 Å². The van der Waals surface area contributed by atoms with Crippen LogP contribution < -0.4 is 18.9 Å². The molecule has 0 aliphatic carbocycles. The largest absolute Gasteiger partial charge is 0.423 e. The van der Waals surface area contributed by atoms with Crippen molar-refractivity contribution in [3.8, 4) is 46.0 Å². The average Bonchev–Trinajstić information content (AvgIpc) is 3.00. The molecule has 3 rings (SSSR count). The van der Waals surface area contributed by atoms with Gasteiger partial charge >= 0.3 is 23.9 Å². The van der Waals surface area contributed by atoms with Gasteiger partial charge < -0.3 is 18.9 Å². The van der Waals surface area contributed by atoms with E-state index < -0.39 is 35.4 Å². The lowest BCUT2D eigenvalue weighted by Gasteiger charge is -2.19. The van der Waals surface area contributed by atoms with E-state index in [0.717, 1.165) is 24.3 Å². The maximum Gasteiger partial charge on any atom is 0.335 e. The third-order valence-corrected chi connectivity index (χ3v) is 5.43. The van der Waals surface area contributed by atoms with Crippen LogP contribution in [-0.2, 0) is 19.2 Å². The Hall–Kier alpha value is -6.01. The lowest BCUT2D eigenvalue weighted by Crippen LogP contribution is -2.12. The second-order valence-electron chi connectivity index (χ2n) is 8.15. The first-order valence-corrected chi connectivity index (χ1v) is 12.1. The van der Waals surface area contributed by atoms with Crippen LogP contribution in [0.25, 0.3) is 11.1 Å². The Labute approximate surface area is 241 Å². The minimum Gasteiger partial charge on any atom is -0.423 e. The summed E-state index contributed by atoms with van der Waals surface area (Å²) in [4.78, 5) is 47.5. The molecule has 0 saturated heterocycles. The molecule has 0 bridgehead atoms. The molecule has 3 aromatic carbocycles.